The van der Waals surface area contributed by atoms with E-state index in [1.165, 1.54) is 10.8 Å². The van der Waals surface area contributed by atoms with Gasteiger partial charge in [0.1, 0.15) is 11.3 Å². The molecule has 1 atom stereocenters. The number of hydrogen-bond donors (Lipinski definition) is 2. The van der Waals surface area contributed by atoms with E-state index in [0.717, 1.165) is 6.20 Å². The number of fused-ring (bicyclic) bond motifs is 1. The van der Waals surface area contributed by atoms with E-state index < -0.39 is 39.7 Å². The smallest absolute Gasteiger partial charge is 0.341 e. The van der Waals surface area contributed by atoms with Crippen LogP contribution in [0.3, 0.4) is 0 Å². The zero-order valence-electron chi connectivity index (χ0n) is 15.8. The van der Waals surface area contributed by atoms with Crippen LogP contribution in [0.1, 0.15) is 41.7 Å². The zero-order valence-corrected chi connectivity index (χ0v) is 15.8. The third kappa shape index (κ3) is 2.65. The van der Waals surface area contributed by atoms with Crippen LogP contribution in [0.15, 0.2) is 23.4 Å². The Morgan fingerprint density at radius 3 is 2.60 bits per heavy atom. The van der Waals surface area contributed by atoms with Crippen LogP contribution < -0.4 is 16.1 Å². The van der Waals surface area contributed by atoms with Crippen LogP contribution >= 0.6 is 0 Å². The first kappa shape index (κ1) is 18.5. The molecule has 0 spiro atoms. The number of benzene rings is 1. The lowest BCUT2D eigenvalue weighted by Crippen LogP contribution is -2.26. The number of carboxylic acids is 1. The predicted octanol–water partition coefficient (Wildman–Crippen LogP) is 1.94. The number of nitrogens with zero attached hydrogens (tertiary/aromatic N) is 5. The summed E-state index contributed by atoms with van der Waals surface area (Å²) >= 11 is 0. The van der Waals surface area contributed by atoms with Crippen molar-refractivity contribution in [2.45, 2.75) is 31.3 Å². The standard InChI is InChI=1S/C19H18F2N6O3/c20-13-15(22)12-16(26(9-1-2-9)8-11(18(12)28)19(29)30)14(21)17(13)25-5-3-10(7-25)27-6-4-23-24-27/h4,6,8-10H,1-3,5,7,22H2,(H,29,30)/t10-/m1/s1. The first-order valence-corrected chi connectivity index (χ1v) is 9.57. The summed E-state index contributed by atoms with van der Waals surface area (Å²) in [6.45, 7) is 0.660. The van der Waals surface area contributed by atoms with E-state index >= 15 is 8.78 Å². The van der Waals surface area contributed by atoms with Crippen molar-refractivity contribution in [3.8, 4) is 0 Å². The molecule has 2 aliphatic rings. The minimum absolute atomic E-state index is 0.108. The van der Waals surface area contributed by atoms with Crippen molar-refractivity contribution in [1.82, 2.24) is 19.6 Å². The summed E-state index contributed by atoms with van der Waals surface area (Å²) in [6.07, 6.45) is 6.38. The molecule has 0 bridgehead atoms. The van der Waals surface area contributed by atoms with Crippen LogP contribution in [0.25, 0.3) is 10.9 Å². The molecule has 1 aliphatic heterocycles. The van der Waals surface area contributed by atoms with Crippen LogP contribution in [0.4, 0.5) is 20.2 Å². The molecule has 3 N–H and O–H groups in total. The van der Waals surface area contributed by atoms with Gasteiger partial charge in [-0.25, -0.2) is 18.3 Å². The molecular weight excluding hydrogens is 398 g/mol. The first-order chi connectivity index (χ1) is 14.4. The fraction of sp³-hybridized carbons (Fsp3) is 0.368. The van der Waals surface area contributed by atoms with Crippen molar-refractivity contribution in [3.63, 3.8) is 0 Å². The monoisotopic (exact) mass is 416 g/mol. The lowest BCUT2D eigenvalue weighted by molar-refractivity contribution is 0.0695. The summed E-state index contributed by atoms with van der Waals surface area (Å²) < 4.78 is 34.0. The highest BCUT2D eigenvalue weighted by Crippen LogP contribution is 2.42. The lowest BCUT2D eigenvalue weighted by atomic mass is 10.1. The molecule has 2 fully saturated rings. The molecule has 5 rings (SSSR count). The Kier molecular flexibility index (Phi) is 4.02. The fourth-order valence-corrected chi connectivity index (χ4v) is 4.20. The van der Waals surface area contributed by atoms with Gasteiger partial charge >= 0.3 is 5.97 Å². The molecular formula is C19H18F2N6O3. The molecule has 3 aromatic rings. The topological polar surface area (TPSA) is 119 Å². The molecule has 0 radical (unpaired) electrons. The summed E-state index contributed by atoms with van der Waals surface area (Å²) in [5, 5.41) is 16.7. The van der Waals surface area contributed by atoms with Crippen molar-refractivity contribution in [2.24, 2.45) is 0 Å². The maximum absolute atomic E-state index is 15.7. The van der Waals surface area contributed by atoms with E-state index in [1.807, 2.05) is 0 Å². The molecule has 0 amide bonds. The largest absolute Gasteiger partial charge is 0.477 e. The number of carboxylic acid groups (broad SMARTS) is 1. The molecule has 156 valence electrons. The number of carbonyl (C=O) groups is 1. The van der Waals surface area contributed by atoms with Gasteiger partial charge in [0.25, 0.3) is 0 Å². The second-order valence-electron chi connectivity index (χ2n) is 7.70. The van der Waals surface area contributed by atoms with Gasteiger partial charge in [-0.3, -0.25) is 4.79 Å². The molecule has 9 nitrogen and oxygen atoms in total. The molecule has 11 heteroatoms. The summed E-state index contributed by atoms with van der Waals surface area (Å²) in [5.74, 6) is -3.42. The van der Waals surface area contributed by atoms with Crippen LogP contribution in [-0.2, 0) is 0 Å². The third-order valence-corrected chi connectivity index (χ3v) is 5.83. The normalized spacial score (nSPS) is 19.0. The highest BCUT2D eigenvalue weighted by atomic mass is 19.1. The van der Waals surface area contributed by atoms with Crippen LogP contribution in [0, 0.1) is 11.6 Å². The van der Waals surface area contributed by atoms with Gasteiger partial charge in [0, 0.05) is 31.5 Å². The number of nitrogen functional groups attached to an aromatic ring is 1. The van der Waals surface area contributed by atoms with E-state index in [0.29, 0.717) is 32.4 Å². The van der Waals surface area contributed by atoms with Crippen molar-refractivity contribution < 1.29 is 18.7 Å². The number of rotatable bonds is 4. The van der Waals surface area contributed by atoms with Crippen molar-refractivity contribution in [1.29, 1.82) is 0 Å². The van der Waals surface area contributed by atoms with E-state index in [1.54, 1.807) is 15.8 Å². The number of hydrogen-bond acceptors (Lipinski definition) is 6. The minimum Gasteiger partial charge on any atom is -0.477 e. The van der Waals surface area contributed by atoms with Gasteiger partial charge < -0.3 is 20.3 Å². The molecule has 30 heavy (non-hydrogen) atoms. The predicted molar refractivity (Wildman–Crippen MR) is 104 cm³/mol. The molecule has 3 heterocycles. The van der Waals surface area contributed by atoms with Crippen LogP contribution in [0.2, 0.25) is 0 Å². The summed E-state index contributed by atoms with van der Waals surface area (Å²) in [5.41, 5.74) is 3.41. The minimum atomic E-state index is -1.46. The average molecular weight is 416 g/mol. The second-order valence-corrected chi connectivity index (χ2v) is 7.70. The number of pyridine rings is 1. The van der Waals surface area contributed by atoms with Crippen molar-refractivity contribution >= 4 is 28.2 Å². The lowest BCUT2D eigenvalue weighted by Gasteiger charge is -2.23. The van der Waals surface area contributed by atoms with E-state index in [4.69, 9.17) is 5.73 Å². The second kappa shape index (κ2) is 6.51. The number of aromatic nitrogens is 4. The van der Waals surface area contributed by atoms with Crippen molar-refractivity contribution in [2.75, 3.05) is 23.7 Å². The zero-order chi connectivity index (χ0) is 21.2. The van der Waals surface area contributed by atoms with E-state index in [9.17, 15) is 14.7 Å². The van der Waals surface area contributed by atoms with E-state index in [2.05, 4.69) is 10.3 Å². The molecule has 1 saturated heterocycles. The molecule has 1 saturated carbocycles. The Labute approximate surface area is 168 Å². The van der Waals surface area contributed by atoms with E-state index in [-0.39, 0.29) is 23.3 Å². The number of halogens is 2. The molecule has 0 unspecified atom stereocenters. The maximum atomic E-state index is 15.7. The van der Waals surface area contributed by atoms with Crippen LogP contribution in [-0.4, -0.2) is 43.7 Å². The number of nitrogens with two attached hydrogens (primary N) is 1. The fourth-order valence-electron chi connectivity index (χ4n) is 4.20. The van der Waals surface area contributed by atoms with Gasteiger partial charge in [0.05, 0.1) is 28.8 Å². The van der Waals surface area contributed by atoms with Crippen LogP contribution in [0.5, 0.6) is 0 Å². The number of aromatic carboxylic acids is 1. The summed E-state index contributed by atoms with van der Waals surface area (Å²) in [6, 6.07) is -0.261. The SMILES string of the molecule is Nc1c(F)c(N2CC[C@@H](n3ccnn3)C2)c(F)c2c1c(=O)c(C(=O)O)cn2C1CC1. The van der Waals surface area contributed by atoms with Crippen molar-refractivity contribution in [3.05, 3.63) is 46.0 Å². The Bertz CT molecular complexity index is 1240. The highest BCUT2D eigenvalue weighted by Gasteiger charge is 2.35. The van der Waals surface area contributed by atoms with Gasteiger partial charge in [-0.1, -0.05) is 5.21 Å². The molecule has 1 aromatic carbocycles. The highest BCUT2D eigenvalue weighted by molar-refractivity contribution is 5.99. The number of anilines is 2. The van der Waals surface area contributed by atoms with Gasteiger partial charge in [-0.05, 0) is 19.3 Å². The van der Waals surface area contributed by atoms with Gasteiger partial charge in [-0.15, -0.1) is 5.10 Å². The van der Waals surface area contributed by atoms with Gasteiger partial charge in [-0.2, -0.15) is 0 Å². The third-order valence-electron chi connectivity index (χ3n) is 5.83. The quantitative estimate of drug-likeness (QED) is 0.624. The maximum Gasteiger partial charge on any atom is 0.341 e. The molecule has 2 aromatic heterocycles. The Hall–Kier alpha value is -3.50. The summed E-state index contributed by atoms with van der Waals surface area (Å²) in [7, 11) is 0. The van der Waals surface area contributed by atoms with Gasteiger partial charge in [0.2, 0.25) is 5.43 Å². The Morgan fingerprint density at radius 2 is 1.97 bits per heavy atom. The van der Waals surface area contributed by atoms with Gasteiger partial charge in [0.15, 0.2) is 11.6 Å². The Balaban J connectivity index is 1.71. The summed E-state index contributed by atoms with van der Waals surface area (Å²) in [4.78, 5) is 25.7. The Morgan fingerprint density at radius 1 is 1.20 bits per heavy atom. The molecule has 1 aliphatic carbocycles. The average Bonchev–Trinajstić information content (AvgIpc) is 3.20. The first-order valence-electron chi connectivity index (χ1n) is 9.57.